The maximum atomic E-state index is 11.5. The van der Waals surface area contributed by atoms with Crippen LogP contribution in [0.4, 0.5) is 11.5 Å². The van der Waals surface area contributed by atoms with Gasteiger partial charge in [-0.15, -0.1) is 0 Å². The van der Waals surface area contributed by atoms with Gasteiger partial charge < -0.3 is 15.3 Å². The van der Waals surface area contributed by atoms with Crippen LogP contribution in [-0.4, -0.2) is 47.5 Å². The third-order valence-electron chi connectivity index (χ3n) is 2.90. The van der Waals surface area contributed by atoms with Crippen LogP contribution in [0.5, 0.6) is 0 Å². The number of aromatic nitrogens is 1. The predicted octanol–water partition coefficient (Wildman–Crippen LogP) is 0.506. The van der Waals surface area contributed by atoms with Gasteiger partial charge in [0.25, 0.3) is 5.69 Å². The molecular weight excluding hydrogens is 280 g/mol. The SMILES string of the molecule is CNC(=O)C(C)CN(C)c1ncc([N+](=O)[O-])cc1C(=O)O. The first-order valence-corrected chi connectivity index (χ1v) is 6.08. The van der Waals surface area contributed by atoms with E-state index in [2.05, 4.69) is 10.3 Å². The summed E-state index contributed by atoms with van der Waals surface area (Å²) in [6.07, 6.45) is 0.989. The fraction of sp³-hybridized carbons (Fsp3) is 0.417. The molecule has 0 bridgehead atoms. The van der Waals surface area contributed by atoms with E-state index >= 15 is 0 Å². The van der Waals surface area contributed by atoms with Crippen molar-refractivity contribution in [3.63, 3.8) is 0 Å². The number of carbonyl (C=O) groups excluding carboxylic acids is 1. The van der Waals surface area contributed by atoms with Crippen LogP contribution in [0.3, 0.4) is 0 Å². The molecule has 0 saturated heterocycles. The van der Waals surface area contributed by atoms with Crippen molar-refractivity contribution in [3.8, 4) is 0 Å². The second-order valence-corrected chi connectivity index (χ2v) is 4.52. The smallest absolute Gasteiger partial charge is 0.339 e. The van der Waals surface area contributed by atoms with E-state index in [1.54, 1.807) is 14.0 Å². The molecule has 1 aromatic rings. The van der Waals surface area contributed by atoms with Gasteiger partial charge in [0.2, 0.25) is 5.91 Å². The highest BCUT2D eigenvalue weighted by Crippen LogP contribution is 2.22. The summed E-state index contributed by atoms with van der Waals surface area (Å²) in [5.74, 6) is -1.83. The number of hydrogen-bond donors (Lipinski definition) is 2. The third-order valence-corrected chi connectivity index (χ3v) is 2.90. The zero-order chi connectivity index (χ0) is 16.2. The highest BCUT2D eigenvalue weighted by molar-refractivity contribution is 5.94. The van der Waals surface area contributed by atoms with Crippen molar-refractivity contribution < 1.29 is 19.6 Å². The molecule has 0 radical (unpaired) electrons. The van der Waals surface area contributed by atoms with E-state index in [1.807, 2.05) is 0 Å². The minimum absolute atomic E-state index is 0.0730. The van der Waals surface area contributed by atoms with Crippen molar-refractivity contribution in [1.29, 1.82) is 0 Å². The molecule has 0 aromatic carbocycles. The van der Waals surface area contributed by atoms with Gasteiger partial charge in [-0.2, -0.15) is 0 Å². The molecule has 0 aliphatic rings. The van der Waals surface area contributed by atoms with Crippen LogP contribution in [0.15, 0.2) is 12.3 Å². The average molecular weight is 296 g/mol. The van der Waals surface area contributed by atoms with E-state index in [4.69, 9.17) is 5.11 Å². The summed E-state index contributed by atoms with van der Waals surface area (Å²) in [5, 5.41) is 22.3. The number of nitrogens with zero attached hydrogens (tertiary/aromatic N) is 3. The topological polar surface area (TPSA) is 126 Å². The Kier molecular flexibility index (Phi) is 5.17. The Labute approximate surface area is 120 Å². The fourth-order valence-electron chi connectivity index (χ4n) is 1.83. The highest BCUT2D eigenvalue weighted by Gasteiger charge is 2.22. The molecule has 0 aliphatic carbocycles. The maximum absolute atomic E-state index is 11.5. The number of nitrogens with one attached hydrogen (secondary N) is 1. The molecule has 0 spiro atoms. The van der Waals surface area contributed by atoms with Crippen molar-refractivity contribution in [2.75, 3.05) is 25.5 Å². The van der Waals surface area contributed by atoms with Crippen molar-refractivity contribution in [3.05, 3.63) is 27.9 Å². The van der Waals surface area contributed by atoms with Gasteiger partial charge in [0.15, 0.2) is 0 Å². The van der Waals surface area contributed by atoms with Crippen LogP contribution < -0.4 is 10.2 Å². The molecule has 1 aromatic heterocycles. The summed E-state index contributed by atoms with van der Waals surface area (Å²) in [6, 6.07) is 0.950. The average Bonchev–Trinajstić information content (AvgIpc) is 2.45. The Hall–Kier alpha value is -2.71. The Bertz CT molecular complexity index is 575. The number of carbonyl (C=O) groups is 2. The number of amides is 1. The predicted molar refractivity (Wildman–Crippen MR) is 74.4 cm³/mol. The Balaban J connectivity index is 3.08. The maximum Gasteiger partial charge on any atom is 0.339 e. The molecular formula is C12H16N4O5. The van der Waals surface area contributed by atoms with Crippen molar-refractivity contribution in [1.82, 2.24) is 10.3 Å². The van der Waals surface area contributed by atoms with E-state index in [0.29, 0.717) is 0 Å². The quantitative estimate of drug-likeness (QED) is 0.578. The summed E-state index contributed by atoms with van der Waals surface area (Å²) in [6.45, 7) is 1.91. The first kappa shape index (κ1) is 16.3. The summed E-state index contributed by atoms with van der Waals surface area (Å²) < 4.78 is 0. The van der Waals surface area contributed by atoms with Crippen molar-refractivity contribution in [2.24, 2.45) is 5.92 Å². The van der Waals surface area contributed by atoms with Crippen LogP contribution in [0, 0.1) is 16.0 Å². The second kappa shape index (κ2) is 6.64. The van der Waals surface area contributed by atoms with Gasteiger partial charge in [-0.05, 0) is 0 Å². The second-order valence-electron chi connectivity index (χ2n) is 4.52. The Morgan fingerprint density at radius 3 is 2.67 bits per heavy atom. The van der Waals surface area contributed by atoms with Gasteiger partial charge >= 0.3 is 5.97 Å². The Morgan fingerprint density at radius 2 is 2.19 bits per heavy atom. The molecule has 2 N–H and O–H groups in total. The molecule has 9 heteroatoms. The number of rotatable bonds is 6. The molecule has 114 valence electrons. The monoisotopic (exact) mass is 296 g/mol. The normalized spacial score (nSPS) is 11.6. The van der Waals surface area contributed by atoms with E-state index in [-0.39, 0.29) is 23.8 Å². The number of nitro groups is 1. The molecule has 21 heavy (non-hydrogen) atoms. The molecule has 1 atom stereocenters. The van der Waals surface area contributed by atoms with Gasteiger partial charge in [-0.25, -0.2) is 9.78 Å². The van der Waals surface area contributed by atoms with E-state index < -0.39 is 22.5 Å². The number of pyridine rings is 1. The highest BCUT2D eigenvalue weighted by atomic mass is 16.6. The first-order chi connectivity index (χ1) is 9.77. The number of carboxylic acids is 1. The lowest BCUT2D eigenvalue weighted by Gasteiger charge is -2.22. The number of anilines is 1. The zero-order valence-corrected chi connectivity index (χ0v) is 11.9. The fourth-order valence-corrected chi connectivity index (χ4v) is 1.83. The molecule has 1 unspecified atom stereocenters. The standard InChI is InChI=1S/C12H16N4O5/c1-7(11(17)13-2)6-15(3)10-9(12(18)19)4-8(5-14-10)16(20)21/h4-5,7H,6H2,1-3H3,(H,13,17)(H,18,19). The van der Waals surface area contributed by atoms with Gasteiger partial charge in [0.1, 0.15) is 17.6 Å². The Morgan fingerprint density at radius 1 is 1.57 bits per heavy atom. The number of hydrogen-bond acceptors (Lipinski definition) is 6. The third kappa shape index (κ3) is 3.88. The van der Waals surface area contributed by atoms with Crippen LogP contribution in [0.2, 0.25) is 0 Å². The van der Waals surface area contributed by atoms with E-state index in [0.717, 1.165) is 12.3 Å². The van der Waals surface area contributed by atoms with E-state index in [9.17, 15) is 19.7 Å². The number of carboxylic acid groups (broad SMARTS) is 1. The molecule has 1 amide bonds. The lowest BCUT2D eigenvalue weighted by molar-refractivity contribution is -0.385. The van der Waals surface area contributed by atoms with Crippen LogP contribution in [-0.2, 0) is 4.79 Å². The molecule has 0 saturated carbocycles. The van der Waals surface area contributed by atoms with Crippen LogP contribution in [0.1, 0.15) is 17.3 Å². The van der Waals surface area contributed by atoms with Gasteiger partial charge in [0.05, 0.1) is 10.8 Å². The molecule has 0 fully saturated rings. The zero-order valence-electron chi connectivity index (χ0n) is 11.9. The lowest BCUT2D eigenvalue weighted by atomic mass is 10.1. The van der Waals surface area contributed by atoms with Crippen molar-refractivity contribution >= 4 is 23.4 Å². The molecule has 1 rings (SSSR count). The minimum atomic E-state index is -1.32. The molecule has 9 nitrogen and oxygen atoms in total. The molecule has 1 heterocycles. The molecule has 0 aliphatic heterocycles. The van der Waals surface area contributed by atoms with Gasteiger partial charge in [-0.1, -0.05) is 6.92 Å². The van der Waals surface area contributed by atoms with Gasteiger partial charge in [0, 0.05) is 26.7 Å². The largest absolute Gasteiger partial charge is 0.478 e. The van der Waals surface area contributed by atoms with Crippen LogP contribution in [0.25, 0.3) is 0 Å². The summed E-state index contributed by atoms with van der Waals surface area (Å²) in [4.78, 5) is 38.0. The van der Waals surface area contributed by atoms with E-state index in [1.165, 1.54) is 11.9 Å². The van der Waals surface area contributed by atoms with Crippen LogP contribution >= 0.6 is 0 Å². The van der Waals surface area contributed by atoms with Gasteiger partial charge in [-0.3, -0.25) is 14.9 Å². The van der Waals surface area contributed by atoms with Crippen molar-refractivity contribution in [2.45, 2.75) is 6.92 Å². The summed E-state index contributed by atoms with van der Waals surface area (Å²) in [5.41, 5.74) is -0.681. The summed E-state index contributed by atoms with van der Waals surface area (Å²) in [7, 11) is 3.08. The first-order valence-electron chi connectivity index (χ1n) is 6.08. The lowest BCUT2D eigenvalue weighted by Crippen LogP contribution is -2.35. The number of aromatic carboxylic acids is 1. The minimum Gasteiger partial charge on any atom is -0.478 e. The summed E-state index contributed by atoms with van der Waals surface area (Å²) >= 11 is 0.